The third-order valence-electron chi connectivity index (χ3n) is 4.28. The van der Waals surface area contributed by atoms with Crippen LogP contribution >= 0.6 is 12.2 Å². The average Bonchev–Trinajstić information content (AvgIpc) is 2.68. The van der Waals surface area contributed by atoms with Crippen molar-refractivity contribution in [2.24, 2.45) is 0 Å². The lowest BCUT2D eigenvalue weighted by Crippen LogP contribution is -2.34. The fraction of sp³-hybridized carbons (Fsp3) is 0.263. The maximum absolute atomic E-state index is 12.2. The molecule has 7 heteroatoms. The molecule has 0 unspecified atom stereocenters. The van der Waals surface area contributed by atoms with Gasteiger partial charge in [-0.1, -0.05) is 24.4 Å². The summed E-state index contributed by atoms with van der Waals surface area (Å²) in [6, 6.07) is 12.6. The summed E-state index contributed by atoms with van der Waals surface area (Å²) >= 11 is 5.54. The van der Waals surface area contributed by atoms with E-state index in [2.05, 4.69) is 4.90 Å². The van der Waals surface area contributed by atoms with Crippen LogP contribution in [0.4, 0.5) is 5.69 Å². The van der Waals surface area contributed by atoms with Gasteiger partial charge in [-0.3, -0.25) is 10.1 Å². The molecule has 26 heavy (non-hydrogen) atoms. The van der Waals surface area contributed by atoms with Gasteiger partial charge in [0.05, 0.1) is 4.92 Å². The number of thiocarbonyl (C=S) groups is 1. The third-order valence-corrected chi connectivity index (χ3v) is 4.77. The summed E-state index contributed by atoms with van der Waals surface area (Å²) in [4.78, 5) is 25.7. The van der Waals surface area contributed by atoms with E-state index in [0.717, 1.165) is 36.5 Å². The number of nitro benzene ring substituents is 1. The number of likely N-dealkylation sites (tertiary alicyclic amines) is 1. The topological polar surface area (TPSA) is 72.7 Å². The van der Waals surface area contributed by atoms with Crippen molar-refractivity contribution in [2.75, 3.05) is 13.1 Å². The van der Waals surface area contributed by atoms with Crippen LogP contribution in [0.1, 0.15) is 35.2 Å². The predicted octanol–water partition coefficient (Wildman–Crippen LogP) is 3.98. The Morgan fingerprint density at radius 2 is 1.69 bits per heavy atom. The van der Waals surface area contributed by atoms with Crippen molar-refractivity contribution < 1.29 is 14.5 Å². The molecule has 0 amide bonds. The van der Waals surface area contributed by atoms with Gasteiger partial charge in [0, 0.05) is 24.7 Å². The highest BCUT2D eigenvalue weighted by Gasteiger charge is 2.21. The largest absolute Gasteiger partial charge is 0.423 e. The second-order valence-electron chi connectivity index (χ2n) is 6.04. The SMILES string of the molecule is O=C(Oc1ccc(C(=S)N2CCCCC2)cc1)c1ccccc1[N+](=O)[O-]. The van der Waals surface area contributed by atoms with E-state index >= 15 is 0 Å². The van der Waals surface area contributed by atoms with Crippen LogP contribution in [0, 0.1) is 10.1 Å². The molecule has 134 valence electrons. The lowest BCUT2D eigenvalue weighted by atomic mass is 10.1. The fourth-order valence-corrected chi connectivity index (χ4v) is 3.23. The number of esters is 1. The van der Waals surface area contributed by atoms with Crippen LogP contribution in [0.2, 0.25) is 0 Å². The Kier molecular flexibility index (Phi) is 5.58. The van der Waals surface area contributed by atoms with Crippen molar-refractivity contribution in [3.8, 4) is 5.75 Å². The molecule has 1 aliphatic rings. The maximum Gasteiger partial charge on any atom is 0.350 e. The summed E-state index contributed by atoms with van der Waals surface area (Å²) in [6.45, 7) is 1.93. The van der Waals surface area contributed by atoms with Gasteiger partial charge in [-0.05, 0) is 49.6 Å². The summed E-state index contributed by atoms with van der Waals surface area (Å²) < 4.78 is 5.27. The van der Waals surface area contributed by atoms with E-state index in [0.29, 0.717) is 5.75 Å². The van der Waals surface area contributed by atoms with Crippen molar-refractivity contribution >= 4 is 28.9 Å². The Bertz CT molecular complexity index is 830. The number of rotatable bonds is 4. The van der Waals surface area contributed by atoms with Crippen LogP contribution in [-0.4, -0.2) is 33.9 Å². The van der Waals surface area contributed by atoms with Gasteiger partial charge in [0.15, 0.2) is 0 Å². The van der Waals surface area contributed by atoms with E-state index in [-0.39, 0.29) is 11.3 Å². The first-order valence-corrected chi connectivity index (χ1v) is 8.82. The van der Waals surface area contributed by atoms with Crippen molar-refractivity contribution in [3.63, 3.8) is 0 Å². The molecule has 2 aromatic rings. The van der Waals surface area contributed by atoms with Gasteiger partial charge in [0.25, 0.3) is 5.69 Å². The standard InChI is InChI=1S/C19H18N2O4S/c22-19(16-6-2-3-7-17(16)21(23)24)25-15-10-8-14(9-11-15)18(26)20-12-4-1-5-13-20/h2-3,6-11H,1,4-5,12-13H2. The van der Waals surface area contributed by atoms with Crippen molar-refractivity contribution in [1.82, 2.24) is 4.90 Å². The van der Waals surface area contributed by atoms with Gasteiger partial charge >= 0.3 is 5.97 Å². The molecule has 1 aliphatic heterocycles. The quantitative estimate of drug-likeness (QED) is 0.267. The molecule has 0 radical (unpaired) electrons. The highest BCUT2D eigenvalue weighted by Crippen LogP contribution is 2.22. The van der Waals surface area contributed by atoms with Gasteiger partial charge < -0.3 is 9.64 Å². The second kappa shape index (κ2) is 8.05. The summed E-state index contributed by atoms with van der Waals surface area (Å²) in [5.41, 5.74) is 0.540. The molecule has 0 aliphatic carbocycles. The van der Waals surface area contributed by atoms with Gasteiger partial charge in [-0.2, -0.15) is 0 Å². The summed E-state index contributed by atoms with van der Waals surface area (Å²) in [5.74, 6) is -0.443. The summed E-state index contributed by atoms with van der Waals surface area (Å²) in [7, 11) is 0. The molecular formula is C19H18N2O4S. The van der Waals surface area contributed by atoms with Gasteiger partial charge in [0.2, 0.25) is 0 Å². The minimum Gasteiger partial charge on any atom is -0.423 e. The first kappa shape index (κ1) is 18.0. The number of benzene rings is 2. The number of hydrogen-bond donors (Lipinski definition) is 0. The minimum atomic E-state index is -0.761. The normalized spacial score (nSPS) is 13.9. The number of nitrogens with zero attached hydrogens (tertiary/aromatic N) is 2. The molecule has 2 aromatic carbocycles. The zero-order chi connectivity index (χ0) is 18.5. The van der Waals surface area contributed by atoms with Crippen molar-refractivity contribution in [1.29, 1.82) is 0 Å². The Morgan fingerprint density at radius 1 is 1.04 bits per heavy atom. The molecule has 1 fully saturated rings. The number of carbonyl (C=O) groups excluding carboxylic acids is 1. The zero-order valence-corrected chi connectivity index (χ0v) is 14.9. The summed E-state index contributed by atoms with van der Waals surface area (Å²) in [5, 5.41) is 11.0. The molecule has 1 heterocycles. The molecule has 6 nitrogen and oxygen atoms in total. The number of hydrogen-bond acceptors (Lipinski definition) is 5. The lowest BCUT2D eigenvalue weighted by molar-refractivity contribution is -0.385. The van der Waals surface area contributed by atoms with E-state index in [1.165, 1.54) is 24.6 Å². The highest BCUT2D eigenvalue weighted by atomic mass is 32.1. The van der Waals surface area contributed by atoms with Crippen molar-refractivity contribution in [2.45, 2.75) is 19.3 Å². The van der Waals surface area contributed by atoms with Crippen LogP contribution in [0.3, 0.4) is 0 Å². The maximum atomic E-state index is 12.2. The molecular weight excluding hydrogens is 352 g/mol. The second-order valence-corrected chi connectivity index (χ2v) is 6.43. The van der Waals surface area contributed by atoms with Crippen LogP contribution in [0.15, 0.2) is 48.5 Å². The van der Waals surface area contributed by atoms with Crippen LogP contribution in [0.25, 0.3) is 0 Å². The molecule has 0 saturated carbocycles. The van der Waals surface area contributed by atoms with E-state index in [4.69, 9.17) is 17.0 Å². The van der Waals surface area contributed by atoms with E-state index in [1.807, 2.05) is 0 Å². The molecule has 0 N–H and O–H groups in total. The molecule has 0 aromatic heterocycles. The number of piperidine rings is 1. The van der Waals surface area contributed by atoms with Crippen LogP contribution < -0.4 is 4.74 Å². The monoisotopic (exact) mass is 370 g/mol. The van der Waals surface area contributed by atoms with E-state index < -0.39 is 10.9 Å². The third kappa shape index (κ3) is 4.05. The van der Waals surface area contributed by atoms with Crippen molar-refractivity contribution in [3.05, 3.63) is 69.8 Å². The number of nitro groups is 1. The van der Waals surface area contributed by atoms with E-state index in [9.17, 15) is 14.9 Å². The zero-order valence-electron chi connectivity index (χ0n) is 14.1. The highest BCUT2D eigenvalue weighted by molar-refractivity contribution is 7.80. The Labute approximate surface area is 156 Å². The van der Waals surface area contributed by atoms with E-state index in [1.54, 1.807) is 30.3 Å². The predicted molar refractivity (Wildman–Crippen MR) is 102 cm³/mol. The first-order valence-electron chi connectivity index (χ1n) is 8.41. The molecule has 1 saturated heterocycles. The van der Waals surface area contributed by atoms with Gasteiger partial charge in [-0.25, -0.2) is 4.79 Å². The van der Waals surface area contributed by atoms with Gasteiger partial charge in [0.1, 0.15) is 16.3 Å². The van der Waals surface area contributed by atoms with Gasteiger partial charge in [-0.15, -0.1) is 0 Å². The summed E-state index contributed by atoms with van der Waals surface area (Å²) in [6.07, 6.45) is 3.52. The van der Waals surface area contributed by atoms with Crippen LogP contribution in [0.5, 0.6) is 5.75 Å². The first-order chi connectivity index (χ1) is 12.6. The number of ether oxygens (including phenoxy) is 1. The molecule has 0 atom stereocenters. The Morgan fingerprint density at radius 3 is 2.35 bits per heavy atom. The molecule has 0 spiro atoms. The molecule has 3 rings (SSSR count). The number of carbonyl (C=O) groups is 1. The number of para-hydroxylation sites is 1. The fourth-order valence-electron chi connectivity index (χ4n) is 2.91. The Hall–Kier alpha value is -2.80. The molecule has 0 bridgehead atoms. The van der Waals surface area contributed by atoms with Crippen LogP contribution in [-0.2, 0) is 0 Å². The minimum absolute atomic E-state index is 0.0783. The lowest BCUT2D eigenvalue weighted by Gasteiger charge is -2.29. The smallest absolute Gasteiger partial charge is 0.350 e. The average molecular weight is 370 g/mol. The Balaban J connectivity index is 1.70.